The number of aromatic amines is 1. The Balaban J connectivity index is 1.90. The maximum atomic E-state index is 12.4. The van der Waals surface area contributed by atoms with Crippen molar-refractivity contribution in [3.63, 3.8) is 0 Å². The number of aromatic hydroxyl groups is 1. The number of nitrogens with one attached hydrogen (secondary N) is 1. The second kappa shape index (κ2) is 5.59. The molecule has 0 bridgehead atoms. The molecule has 0 aliphatic heterocycles. The van der Waals surface area contributed by atoms with Gasteiger partial charge in [0.05, 0.1) is 5.52 Å². The highest BCUT2D eigenvalue weighted by Crippen LogP contribution is 2.32. The van der Waals surface area contributed by atoms with Crippen LogP contribution in [0.4, 0.5) is 0 Å². The predicted molar refractivity (Wildman–Crippen MR) is 94.4 cm³/mol. The van der Waals surface area contributed by atoms with E-state index in [1.165, 1.54) is 0 Å². The summed E-state index contributed by atoms with van der Waals surface area (Å²) >= 11 is 0. The molecule has 2 aromatic heterocycles. The molecular weight excluding hydrogens is 318 g/mol. The first-order chi connectivity index (χ1) is 12.0. The summed E-state index contributed by atoms with van der Waals surface area (Å²) in [5.74, 6) is 0.194. The van der Waals surface area contributed by atoms with Crippen LogP contribution in [0.3, 0.4) is 0 Å². The summed E-state index contributed by atoms with van der Waals surface area (Å²) in [7, 11) is 0. The molecule has 0 unspecified atom stereocenters. The van der Waals surface area contributed by atoms with E-state index >= 15 is 0 Å². The van der Waals surface area contributed by atoms with Crippen molar-refractivity contribution in [2.24, 2.45) is 0 Å². The molecule has 0 aliphatic rings. The SMILES string of the molecule is Cc1ccc(C)c(-c2noc(-c3c(O)c4ccccc4[nH]c3=O)n2)c1. The molecule has 124 valence electrons. The van der Waals surface area contributed by atoms with Gasteiger partial charge in [-0.3, -0.25) is 4.79 Å². The summed E-state index contributed by atoms with van der Waals surface area (Å²) in [6.07, 6.45) is 0. The molecular formula is C19H15N3O3. The Kier molecular flexibility index (Phi) is 3.39. The van der Waals surface area contributed by atoms with E-state index in [2.05, 4.69) is 15.1 Å². The van der Waals surface area contributed by atoms with E-state index in [9.17, 15) is 9.90 Å². The third kappa shape index (κ3) is 2.48. The van der Waals surface area contributed by atoms with Crippen LogP contribution in [-0.4, -0.2) is 20.2 Å². The van der Waals surface area contributed by atoms with Crippen LogP contribution in [0.15, 0.2) is 51.8 Å². The summed E-state index contributed by atoms with van der Waals surface area (Å²) in [4.78, 5) is 19.4. The van der Waals surface area contributed by atoms with Gasteiger partial charge >= 0.3 is 0 Å². The van der Waals surface area contributed by atoms with Crippen molar-refractivity contribution in [3.05, 3.63) is 63.9 Å². The number of nitrogens with zero attached hydrogens (tertiary/aromatic N) is 2. The minimum absolute atomic E-state index is 0.0135. The summed E-state index contributed by atoms with van der Waals surface area (Å²) in [5, 5.41) is 15.0. The predicted octanol–water partition coefficient (Wildman–Crippen LogP) is 3.57. The van der Waals surface area contributed by atoms with E-state index in [0.29, 0.717) is 16.7 Å². The van der Waals surface area contributed by atoms with Crippen molar-refractivity contribution in [1.82, 2.24) is 15.1 Å². The van der Waals surface area contributed by atoms with Gasteiger partial charge in [-0.05, 0) is 37.6 Å². The standard InChI is InChI=1S/C19H15N3O3/c1-10-7-8-11(2)13(9-10)17-21-19(25-22-17)15-16(23)12-5-3-4-6-14(12)20-18(15)24/h3-9H,1-2H3,(H2,20,23,24). The number of para-hydroxylation sites is 1. The largest absolute Gasteiger partial charge is 0.506 e. The van der Waals surface area contributed by atoms with Crippen LogP contribution in [0, 0.1) is 13.8 Å². The Morgan fingerprint density at radius 1 is 1.12 bits per heavy atom. The van der Waals surface area contributed by atoms with Crippen molar-refractivity contribution < 1.29 is 9.63 Å². The highest BCUT2D eigenvalue weighted by molar-refractivity contribution is 5.90. The average Bonchev–Trinajstić information content (AvgIpc) is 3.06. The molecule has 2 heterocycles. The third-order valence-electron chi connectivity index (χ3n) is 4.17. The molecule has 0 saturated heterocycles. The first-order valence-electron chi connectivity index (χ1n) is 7.80. The lowest BCUT2D eigenvalue weighted by atomic mass is 10.1. The van der Waals surface area contributed by atoms with Gasteiger partial charge < -0.3 is 14.6 Å². The molecule has 25 heavy (non-hydrogen) atoms. The number of benzene rings is 2. The Labute approximate surface area is 142 Å². The van der Waals surface area contributed by atoms with E-state index in [1.54, 1.807) is 24.3 Å². The first-order valence-corrected chi connectivity index (χ1v) is 7.80. The smallest absolute Gasteiger partial charge is 0.267 e. The van der Waals surface area contributed by atoms with Gasteiger partial charge in [-0.25, -0.2) is 0 Å². The van der Waals surface area contributed by atoms with Crippen LogP contribution in [-0.2, 0) is 0 Å². The number of hydrogen-bond acceptors (Lipinski definition) is 5. The van der Waals surface area contributed by atoms with Crippen molar-refractivity contribution in [2.45, 2.75) is 13.8 Å². The molecule has 0 aliphatic carbocycles. The number of hydrogen-bond donors (Lipinski definition) is 2. The van der Waals surface area contributed by atoms with Gasteiger partial charge in [0.1, 0.15) is 11.3 Å². The van der Waals surface area contributed by atoms with E-state index in [4.69, 9.17) is 4.52 Å². The van der Waals surface area contributed by atoms with Crippen LogP contribution >= 0.6 is 0 Å². The lowest BCUT2D eigenvalue weighted by Crippen LogP contribution is -2.09. The molecule has 4 rings (SSSR count). The number of rotatable bonds is 2. The van der Waals surface area contributed by atoms with E-state index in [1.807, 2.05) is 32.0 Å². The highest BCUT2D eigenvalue weighted by atomic mass is 16.5. The fourth-order valence-corrected chi connectivity index (χ4v) is 2.84. The molecule has 2 aromatic carbocycles. The van der Waals surface area contributed by atoms with Crippen LogP contribution in [0.2, 0.25) is 0 Å². The van der Waals surface area contributed by atoms with Crippen molar-refractivity contribution >= 4 is 10.9 Å². The highest BCUT2D eigenvalue weighted by Gasteiger charge is 2.20. The fraction of sp³-hybridized carbons (Fsp3) is 0.105. The number of aryl methyl sites for hydroxylation is 2. The molecule has 6 nitrogen and oxygen atoms in total. The Hall–Kier alpha value is -3.41. The van der Waals surface area contributed by atoms with Crippen LogP contribution in [0.25, 0.3) is 33.7 Å². The van der Waals surface area contributed by atoms with Gasteiger partial charge in [0.15, 0.2) is 0 Å². The lowest BCUT2D eigenvalue weighted by molar-refractivity contribution is 0.426. The second-order valence-corrected chi connectivity index (χ2v) is 5.96. The Bertz CT molecular complexity index is 1160. The van der Waals surface area contributed by atoms with Gasteiger partial charge in [-0.2, -0.15) is 4.98 Å². The lowest BCUT2D eigenvalue weighted by Gasteiger charge is -2.04. The number of pyridine rings is 1. The first kappa shape index (κ1) is 15.1. The summed E-state index contributed by atoms with van der Waals surface area (Å²) in [5.41, 5.74) is 2.93. The van der Waals surface area contributed by atoms with Crippen molar-refractivity contribution in [2.75, 3.05) is 0 Å². The Morgan fingerprint density at radius 3 is 2.76 bits per heavy atom. The molecule has 0 spiro atoms. The second-order valence-electron chi connectivity index (χ2n) is 5.96. The molecule has 6 heteroatoms. The minimum Gasteiger partial charge on any atom is -0.506 e. The summed E-state index contributed by atoms with van der Waals surface area (Å²) in [6, 6.07) is 12.9. The van der Waals surface area contributed by atoms with E-state index in [0.717, 1.165) is 16.7 Å². The fourth-order valence-electron chi connectivity index (χ4n) is 2.84. The normalized spacial score (nSPS) is 11.1. The van der Waals surface area contributed by atoms with Crippen molar-refractivity contribution in [1.29, 1.82) is 0 Å². The molecule has 0 saturated carbocycles. The maximum Gasteiger partial charge on any atom is 0.267 e. The molecule has 0 fully saturated rings. The average molecular weight is 333 g/mol. The third-order valence-corrected chi connectivity index (χ3v) is 4.17. The molecule has 0 atom stereocenters. The maximum absolute atomic E-state index is 12.4. The van der Waals surface area contributed by atoms with E-state index in [-0.39, 0.29) is 17.2 Å². The zero-order valence-electron chi connectivity index (χ0n) is 13.7. The van der Waals surface area contributed by atoms with Gasteiger partial charge in [-0.15, -0.1) is 0 Å². The summed E-state index contributed by atoms with van der Waals surface area (Å²) in [6.45, 7) is 3.93. The van der Waals surface area contributed by atoms with Gasteiger partial charge in [0.25, 0.3) is 11.4 Å². The number of aromatic nitrogens is 3. The molecule has 0 radical (unpaired) electrons. The number of H-pyrrole nitrogens is 1. The zero-order valence-corrected chi connectivity index (χ0v) is 13.7. The van der Waals surface area contributed by atoms with E-state index < -0.39 is 5.56 Å². The molecule has 0 amide bonds. The quantitative estimate of drug-likeness (QED) is 0.585. The number of fused-ring (bicyclic) bond motifs is 1. The molecule has 2 N–H and O–H groups in total. The zero-order chi connectivity index (χ0) is 17.6. The topological polar surface area (TPSA) is 92.0 Å². The van der Waals surface area contributed by atoms with Gasteiger partial charge in [-0.1, -0.05) is 35.0 Å². The minimum atomic E-state index is -0.479. The van der Waals surface area contributed by atoms with Crippen LogP contribution < -0.4 is 5.56 Å². The van der Waals surface area contributed by atoms with Gasteiger partial charge in [0, 0.05) is 10.9 Å². The summed E-state index contributed by atoms with van der Waals surface area (Å²) < 4.78 is 5.27. The van der Waals surface area contributed by atoms with Crippen LogP contribution in [0.1, 0.15) is 11.1 Å². The molecule has 4 aromatic rings. The van der Waals surface area contributed by atoms with Gasteiger partial charge in [0.2, 0.25) is 5.82 Å². The van der Waals surface area contributed by atoms with Crippen molar-refractivity contribution in [3.8, 4) is 28.6 Å². The Morgan fingerprint density at radius 2 is 1.92 bits per heavy atom. The monoisotopic (exact) mass is 333 g/mol. The van der Waals surface area contributed by atoms with Crippen LogP contribution in [0.5, 0.6) is 5.75 Å².